The van der Waals surface area contributed by atoms with Gasteiger partial charge in [-0.25, -0.2) is 0 Å². The van der Waals surface area contributed by atoms with Crippen molar-refractivity contribution in [3.05, 3.63) is 36.0 Å². The summed E-state index contributed by atoms with van der Waals surface area (Å²) >= 11 is 0. The minimum Gasteiger partial charge on any atom is -0.387 e. The average molecular weight is 186 g/mol. The lowest BCUT2D eigenvalue weighted by atomic mass is 10.1. The van der Waals surface area contributed by atoms with Crippen LogP contribution in [0.2, 0.25) is 0 Å². The Kier molecular flexibility index (Phi) is 2.21. The summed E-state index contributed by atoms with van der Waals surface area (Å²) in [7, 11) is 0. The molecule has 70 valence electrons. The predicted molar refractivity (Wildman–Crippen MR) is 53.5 cm³/mol. The van der Waals surface area contributed by atoms with Crippen LogP contribution in [0.15, 0.2) is 30.5 Å². The lowest BCUT2D eigenvalue weighted by Crippen LogP contribution is -1.93. The molecule has 0 saturated heterocycles. The molecule has 0 spiro atoms. The van der Waals surface area contributed by atoms with E-state index in [9.17, 15) is 5.11 Å². The molecule has 2 aromatic rings. The molecular formula is C11H10N2O. The zero-order valence-corrected chi connectivity index (χ0v) is 7.57. The Morgan fingerprint density at radius 2 is 2.21 bits per heavy atom. The maximum atomic E-state index is 9.66. The second-order valence-corrected chi connectivity index (χ2v) is 3.17. The van der Waals surface area contributed by atoms with Crippen LogP contribution in [-0.4, -0.2) is 10.1 Å². The van der Waals surface area contributed by atoms with Crippen molar-refractivity contribution >= 4 is 10.9 Å². The number of rotatable bonds is 2. The molecule has 0 fully saturated rings. The first-order valence-corrected chi connectivity index (χ1v) is 4.44. The van der Waals surface area contributed by atoms with Gasteiger partial charge >= 0.3 is 0 Å². The van der Waals surface area contributed by atoms with E-state index in [0.29, 0.717) is 0 Å². The summed E-state index contributed by atoms with van der Waals surface area (Å²) in [6.07, 6.45) is 1.19. The van der Waals surface area contributed by atoms with Crippen LogP contribution in [0.1, 0.15) is 18.1 Å². The van der Waals surface area contributed by atoms with Crippen molar-refractivity contribution in [1.29, 1.82) is 5.26 Å². The van der Waals surface area contributed by atoms with Crippen LogP contribution < -0.4 is 0 Å². The summed E-state index contributed by atoms with van der Waals surface area (Å²) in [6, 6.07) is 9.68. The number of hydrogen-bond acceptors (Lipinski definition) is 2. The van der Waals surface area contributed by atoms with E-state index in [0.717, 1.165) is 16.5 Å². The van der Waals surface area contributed by atoms with Gasteiger partial charge in [-0.2, -0.15) is 5.26 Å². The minimum atomic E-state index is -0.698. The van der Waals surface area contributed by atoms with Gasteiger partial charge in [-0.1, -0.05) is 18.2 Å². The molecule has 0 amide bonds. The molecule has 3 heteroatoms. The summed E-state index contributed by atoms with van der Waals surface area (Å²) in [5.41, 5.74) is 1.78. The molecule has 1 aromatic heterocycles. The number of aliphatic hydroxyl groups excluding tert-OH is 1. The van der Waals surface area contributed by atoms with E-state index in [1.807, 2.05) is 30.3 Å². The summed E-state index contributed by atoms with van der Waals surface area (Å²) in [5, 5.41) is 19.1. The molecule has 0 radical (unpaired) electrons. The molecule has 14 heavy (non-hydrogen) atoms. The topological polar surface area (TPSA) is 59.8 Å². The fourth-order valence-electron chi connectivity index (χ4n) is 1.57. The van der Waals surface area contributed by atoms with Gasteiger partial charge in [-0.3, -0.25) is 0 Å². The third-order valence-corrected chi connectivity index (χ3v) is 2.26. The Labute approximate surface area is 81.6 Å². The van der Waals surface area contributed by atoms with Gasteiger partial charge < -0.3 is 10.1 Å². The van der Waals surface area contributed by atoms with Crippen LogP contribution in [0.25, 0.3) is 10.9 Å². The molecule has 2 N–H and O–H groups in total. The van der Waals surface area contributed by atoms with Crippen molar-refractivity contribution < 1.29 is 5.11 Å². The fourth-order valence-corrected chi connectivity index (χ4v) is 1.57. The Morgan fingerprint density at radius 1 is 1.43 bits per heavy atom. The number of nitrogens with zero attached hydrogens (tertiary/aromatic N) is 1. The predicted octanol–water partition coefficient (Wildman–Crippen LogP) is 2.11. The van der Waals surface area contributed by atoms with Gasteiger partial charge in [0.05, 0.1) is 18.6 Å². The molecule has 1 aromatic carbocycles. The Hall–Kier alpha value is -1.79. The number of hydrogen-bond donors (Lipinski definition) is 2. The number of aliphatic hydroxyl groups is 1. The van der Waals surface area contributed by atoms with Gasteiger partial charge in [0.25, 0.3) is 0 Å². The molecule has 0 aliphatic heterocycles. The normalized spacial score (nSPS) is 12.6. The number of fused-ring (bicyclic) bond motifs is 1. The summed E-state index contributed by atoms with van der Waals surface area (Å²) in [4.78, 5) is 3.06. The summed E-state index contributed by atoms with van der Waals surface area (Å²) in [6.45, 7) is 0. The number of nitrogens with one attached hydrogen (secondary N) is 1. The zero-order chi connectivity index (χ0) is 9.97. The second-order valence-electron chi connectivity index (χ2n) is 3.17. The first-order valence-electron chi connectivity index (χ1n) is 4.44. The number of para-hydroxylation sites is 1. The largest absolute Gasteiger partial charge is 0.387 e. The molecular weight excluding hydrogens is 176 g/mol. The fraction of sp³-hybridized carbons (Fsp3) is 0.182. The Balaban J connectivity index is 2.48. The number of aromatic amines is 1. The highest BCUT2D eigenvalue weighted by molar-refractivity contribution is 5.83. The second kappa shape index (κ2) is 3.52. The van der Waals surface area contributed by atoms with Crippen LogP contribution in [0.3, 0.4) is 0 Å². The van der Waals surface area contributed by atoms with Gasteiger partial charge in [-0.15, -0.1) is 0 Å². The van der Waals surface area contributed by atoms with Crippen LogP contribution in [-0.2, 0) is 0 Å². The molecule has 1 heterocycles. The lowest BCUT2D eigenvalue weighted by molar-refractivity contribution is 0.185. The van der Waals surface area contributed by atoms with Crippen LogP contribution in [0.4, 0.5) is 0 Å². The van der Waals surface area contributed by atoms with E-state index in [-0.39, 0.29) is 6.42 Å². The number of aromatic nitrogens is 1. The molecule has 1 atom stereocenters. The zero-order valence-electron chi connectivity index (χ0n) is 7.57. The number of nitriles is 1. The third kappa shape index (κ3) is 1.36. The van der Waals surface area contributed by atoms with Crippen molar-refractivity contribution in [2.24, 2.45) is 0 Å². The molecule has 0 aliphatic rings. The molecule has 0 bridgehead atoms. The van der Waals surface area contributed by atoms with E-state index in [1.54, 1.807) is 6.20 Å². The Morgan fingerprint density at radius 3 is 3.00 bits per heavy atom. The monoisotopic (exact) mass is 186 g/mol. The molecule has 0 aliphatic carbocycles. The first kappa shape index (κ1) is 8.79. The van der Waals surface area contributed by atoms with E-state index >= 15 is 0 Å². The van der Waals surface area contributed by atoms with Gasteiger partial charge in [0.2, 0.25) is 0 Å². The molecule has 1 unspecified atom stereocenters. The SMILES string of the molecule is N#CCC(O)c1c[nH]c2ccccc12. The van der Waals surface area contributed by atoms with Gasteiger partial charge in [0.15, 0.2) is 0 Å². The summed E-state index contributed by atoms with van der Waals surface area (Å²) in [5.74, 6) is 0. The van der Waals surface area contributed by atoms with E-state index in [1.165, 1.54) is 0 Å². The van der Waals surface area contributed by atoms with Crippen molar-refractivity contribution in [2.45, 2.75) is 12.5 Å². The van der Waals surface area contributed by atoms with Crippen molar-refractivity contribution in [3.8, 4) is 6.07 Å². The maximum absolute atomic E-state index is 9.66. The highest BCUT2D eigenvalue weighted by Gasteiger charge is 2.11. The lowest BCUT2D eigenvalue weighted by Gasteiger charge is -2.03. The molecule has 2 rings (SSSR count). The number of H-pyrrole nitrogens is 1. The maximum Gasteiger partial charge on any atom is 0.0940 e. The quantitative estimate of drug-likeness (QED) is 0.754. The van der Waals surface area contributed by atoms with E-state index < -0.39 is 6.10 Å². The van der Waals surface area contributed by atoms with Crippen molar-refractivity contribution in [3.63, 3.8) is 0 Å². The van der Waals surface area contributed by atoms with E-state index in [2.05, 4.69) is 4.98 Å². The molecule has 3 nitrogen and oxygen atoms in total. The minimum absolute atomic E-state index is 0.127. The van der Waals surface area contributed by atoms with Gasteiger partial charge in [0, 0.05) is 22.7 Å². The third-order valence-electron chi connectivity index (χ3n) is 2.26. The van der Waals surface area contributed by atoms with Crippen LogP contribution in [0.5, 0.6) is 0 Å². The molecule has 0 saturated carbocycles. The van der Waals surface area contributed by atoms with Crippen LogP contribution >= 0.6 is 0 Å². The highest BCUT2D eigenvalue weighted by Crippen LogP contribution is 2.25. The van der Waals surface area contributed by atoms with E-state index in [4.69, 9.17) is 5.26 Å². The highest BCUT2D eigenvalue weighted by atomic mass is 16.3. The standard InChI is InChI=1S/C11H10N2O/c12-6-5-11(14)9-7-13-10-4-2-1-3-8(9)10/h1-4,7,11,13-14H,5H2. The van der Waals surface area contributed by atoms with Crippen LogP contribution in [0, 0.1) is 11.3 Å². The smallest absolute Gasteiger partial charge is 0.0940 e. The van der Waals surface area contributed by atoms with Crippen molar-refractivity contribution in [2.75, 3.05) is 0 Å². The number of benzene rings is 1. The Bertz CT molecular complexity index is 481. The first-order chi connectivity index (χ1) is 6.83. The van der Waals surface area contributed by atoms with Gasteiger partial charge in [0.1, 0.15) is 0 Å². The van der Waals surface area contributed by atoms with Gasteiger partial charge in [-0.05, 0) is 6.07 Å². The average Bonchev–Trinajstić information content (AvgIpc) is 2.61. The van der Waals surface area contributed by atoms with Crippen molar-refractivity contribution in [1.82, 2.24) is 4.98 Å². The summed E-state index contributed by atoms with van der Waals surface area (Å²) < 4.78 is 0.